The van der Waals surface area contributed by atoms with Gasteiger partial charge in [0.1, 0.15) is 30.8 Å². The van der Waals surface area contributed by atoms with Crippen LogP contribution in [0.5, 0.6) is 5.75 Å². The molecule has 0 radical (unpaired) electrons. The van der Waals surface area contributed by atoms with Gasteiger partial charge in [-0.05, 0) is 53.9 Å². The highest BCUT2D eigenvalue weighted by atomic mass is 79.9. The Morgan fingerprint density at radius 1 is 1.15 bits per heavy atom. The molecule has 0 saturated carbocycles. The number of hydrogen-bond acceptors (Lipinski definition) is 7. The van der Waals surface area contributed by atoms with Gasteiger partial charge in [0.2, 0.25) is 11.1 Å². The van der Waals surface area contributed by atoms with Crippen LogP contribution in [0.1, 0.15) is 29.7 Å². The van der Waals surface area contributed by atoms with E-state index in [2.05, 4.69) is 32.8 Å². The quantitative estimate of drug-likeness (QED) is 0.115. The zero-order valence-corrected chi connectivity index (χ0v) is 24.0. The first kappa shape index (κ1) is 27.7. The summed E-state index contributed by atoms with van der Waals surface area (Å²) in [6.45, 7) is 5.95. The number of allylic oxidation sites excluding steroid dienone is 1. The van der Waals surface area contributed by atoms with E-state index in [1.54, 1.807) is 29.8 Å². The van der Waals surface area contributed by atoms with Crippen LogP contribution in [0.15, 0.2) is 106 Å². The lowest BCUT2D eigenvalue weighted by Crippen LogP contribution is -2.29. The van der Waals surface area contributed by atoms with Crippen molar-refractivity contribution in [3.8, 4) is 5.75 Å². The third-order valence-electron chi connectivity index (χ3n) is 6.21. The molecule has 1 unspecified atom stereocenters. The summed E-state index contributed by atoms with van der Waals surface area (Å²) in [7, 11) is 0. The maximum absolute atomic E-state index is 14.1. The molecule has 3 aromatic carbocycles. The summed E-state index contributed by atoms with van der Waals surface area (Å²) >= 11 is 4.76. The average Bonchev–Trinajstić information content (AvgIpc) is 3.37. The zero-order chi connectivity index (χ0) is 28.1. The van der Waals surface area contributed by atoms with E-state index < -0.39 is 12.0 Å². The number of thioether (sulfide) groups is 1. The fraction of sp³-hybridized carbons (Fsp3) is 0.167. The molecule has 40 heavy (non-hydrogen) atoms. The van der Waals surface area contributed by atoms with Gasteiger partial charge in [0.25, 0.3) is 0 Å². The van der Waals surface area contributed by atoms with Gasteiger partial charge in [0, 0.05) is 15.9 Å². The van der Waals surface area contributed by atoms with Crippen molar-refractivity contribution in [2.24, 2.45) is 0 Å². The minimum atomic E-state index is -0.593. The number of hydrogen-bond donors (Lipinski definition) is 1. The lowest BCUT2D eigenvalue weighted by Gasteiger charge is -2.28. The molecule has 0 fully saturated rings. The number of anilines is 1. The number of benzene rings is 3. The van der Waals surface area contributed by atoms with Crippen LogP contribution in [-0.2, 0) is 21.9 Å². The summed E-state index contributed by atoms with van der Waals surface area (Å²) in [6, 6.07) is 21.5. The Morgan fingerprint density at radius 3 is 2.62 bits per heavy atom. The van der Waals surface area contributed by atoms with Gasteiger partial charge in [-0.1, -0.05) is 82.8 Å². The van der Waals surface area contributed by atoms with E-state index in [0.29, 0.717) is 46.0 Å². The summed E-state index contributed by atoms with van der Waals surface area (Å²) in [5.74, 6) is 0.784. The molecule has 7 nitrogen and oxygen atoms in total. The number of esters is 1. The van der Waals surface area contributed by atoms with Gasteiger partial charge < -0.3 is 14.8 Å². The maximum Gasteiger partial charge on any atom is 0.338 e. The van der Waals surface area contributed by atoms with Gasteiger partial charge >= 0.3 is 5.97 Å². The minimum absolute atomic E-state index is 0.0825. The monoisotopic (exact) mass is 620 g/mol. The van der Waals surface area contributed by atoms with Gasteiger partial charge in [-0.25, -0.2) is 13.9 Å². The molecule has 1 N–H and O–H groups in total. The average molecular weight is 622 g/mol. The summed E-state index contributed by atoms with van der Waals surface area (Å²) < 4.78 is 28.2. The van der Waals surface area contributed by atoms with E-state index >= 15 is 0 Å². The van der Waals surface area contributed by atoms with E-state index in [0.717, 1.165) is 15.6 Å². The molecule has 2 heterocycles. The number of rotatable bonds is 10. The third-order valence-corrected chi connectivity index (χ3v) is 7.63. The van der Waals surface area contributed by atoms with E-state index in [1.165, 1.54) is 23.9 Å². The van der Waals surface area contributed by atoms with E-state index in [1.807, 2.05) is 48.5 Å². The summed E-state index contributed by atoms with van der Waals surface area (Å²) in [4.78, 5) is 17.8. The fourth-order valence-electron chi connectivity index (χ4n) is 4.23. The Morgan fingerprint density at radius 2 is 1.90 bits per heavy atom. The molecule has 1 atom stereocenters. The molecule has 0 aliphatic carbocycles. The Bertz CT molecular complexity index is 1550. The van der Waals surface area contributed by atoms with Crippen molar-refractivity contribution in [1.82, 2.24) is 14.8 Å². The van der Waals surface area contributed by atoms with Crippen molar-refractivity contribution in [3.05, 3.63) is 124 Å². The smallest absolute Gasteiger partial charge is 0.338 e. The summed E-state index contributed by atoms with van der Waals surface area (Å²) in [6.07, 6.45) is 1.52. The molecular weight excluding hydrogens is 595 g/mol. The summed E-state index contributed by atoms with van der Waals surface area (Å²) in [5, 5.41) is 8.33. The first-order valence-corrected chi connectivity index (χ1v) is 14.3. The molecule has 4 aromatic rings. The molecular formula is C30H26BrFN4O3S. The number of fused-ring (bicyclic) bond motifs is 1. The molecule has 0 spiro atoms. The highest BCUT2D eigenvalue weighted by Crippen LogP contribution is 2.37. The molecule has 0 amide bonds. The fourth-order valence-corrected chi connectivity index (χ4v) is 5.31. The van der Waals surface area contributed by atoms with Gasteiger partial charge in [0.15, 0.2) is 0 Å². The lowest BCUT2D eigenvalue weighted by atomic mass is 9.96. The molecule has 10 heteroatoms. The van der Waals surface area contributed by atoms with Gasteiger partial charge in [-0.3, -0.25) is 0 Å². The van der Waals surface area contributed by atoms with Gasteiger partial charge in [-0.2, -0.15) is 4.98 Å². The molecule has 204 valence electrons. The second kappa shape index (κ2) is 12.5. The SMILES string of the molecule is C=CCOC(=O)C1=C(C)Nc2nc(SCc3ccccc3F)nn2C1c1ccc(OCc2ccc(Br)cc2)cc1. The molecule has 1 aliphatic rings. The topological polar surface area (TPSA) is 78.3 Å². The lowest BCUT2D eigenvalue weighted by molar-refractivity contribution is -0.138. The molecule has 1 aliphatic heterocycles. The van der Waals surface area contributed by atoms with Gasteiger partial charge in [0.05, 0.1) is 5.57 Å². The van der Waals surface area contributed by atoms with Crippen LogP contribution in [0.25, 0.3) is 0 Å². The van der Waals surface area contributed by atoms with Crippen molar-refractivity contribution in [2.45, 2.75) is 30.5 Å². The molecule has 0 bridgehead atoms. The second-order valence-corrected chi connectivity index (χ2v) is 10.8. The van der Waals surface area contributed by atoms with Crippen molar-refractivity contribution in [3.63, 3.8) is 0 Å². The van der Waals surface area contributed by atoms with Crippen LogP contribution in [0.2, 0.25) is 0 Å². The Balaban J connectivity index is 1.41. The van der Waals surface area contributed by atoms with E-state index in [-0.39, 0.29) is 12.4 Å². The number of nitrogens with one attached hydrogen (secondary N) is 1. The second-order valence-electron chi connectivity index (χ2n) is 8.98. The number of carbonyl (C=O) groups is 1. The number of ether oxygens (including phenoxy) is 2. The number of nitrogens with zero attached hydrogens (tertiary/aromatic N) is 3. The van der Waals surface area contributed by atoms with Crippen LogP contribution in [0.3, 0.4) is 0 Å². The van der Waals surface area contributed by atoms with Gasteiger partial charge in [-0.15, -0.1) is 5.10 Å². The molecule has 5 rings (SSSR count). The first-order chi connectivity index (χ1) is 19.4. The van der Waals surface area contributed by atoms with Crippen molar-refractivity contribution in [1.29, 1.82) is 0 Å². The Labute approximate surface area is 244 Å². The predicted octanol–water partition coefficient (Wildman–Crippen LogP) is 7.07. The number of halogens is 2. The van der Waals surface area contributed by atoms with Crippen molar-refractivity contribution < 1.29 is 18.7 Å². The van der Waals surface area contributed by atoms with Crippen molar-refractivity contribution in [2.75, 3.05) is 11.9 Å². The Hall–Kier alpha value is -3.89. The standard InChI is InChI=1S/C30H26BrFN4O3S/c1-3-16-38-28(37)26-19(2)33-29-34-30(40-18-22-6-4-5-7-25(22)32)35-36(29)27(26)21-10-14-24(15-11-21)39-17-20-8-12-23(31)13-9-20/h3-15,27H,1,16-18H2,2H3,(H,33,34,35). The van der Waals surface area contributed by atoms with Crippen LogP contribution in [0, 0.1) is 5.82 Å². The largest absolute Gasteiger partial charge is 0.489 e. The van der Waals surface area contributed by atoms with E-state index in [9.17, 15) is 9.18 Å². The van der Waals surface area contributed by atoms with Crippen LogP contribution < -0.4 is 10.1 Å². The molecule has 0 saturated heterocycles. The van der Waals surface area contributed by atoms with Crippen LogP contribution in [-0.4, -0.2) is 27.3 Å². The van der Waals surface area contributed by atoms with Crippen LogP contribution >= 0.6 is 27.7 Å². The minimum Gasteiger partial charge on any atom is -0.489 e. The van der Waals surface area contributed by atoms with Crippen LogP contribution in [0.4, 0.5) is 10.3 Å². The summed E-state index contributed by atoms with van der Waals surface area (Å²) in [5.41, 5.74) is 3.43. The predicted molar refractivity (Wildman–Crippen MR) is 157 cm³/mol. The number of aromatic nitrogens is 3. The van der Waals surface area contributed by atoms with Crippen molar-refractivity contribution >= 4 is 39.6 Å². The Kier molecular flexibility index (Phi) is 8.66. The normalized spacial score (nSPS) is 14.3. The van der Waals surface area contributed by atoms with E-state index in [4.69, 9.17) is 14.6 Å². The highest BCUT2D eigenvalue weighted by Gasteiger charge is 2.35. The number of carbonyl (C=O) groups excluding carboxylic acids is 1. The maximum atomic E-state index is 14.1. The zero-order valence-electron chi connectivity index (χ0n) is 21.6. The highest BCUT2D eigenvalue weighted by molar-refractivity contribution is 9.10. The first-order valence-electron chi connectivity index (χ1n) is 12.5. The molecule has 1 aromatic heterocycles. The third kappa shape index (κ3) is 6.29.